The first-order valence-electron chi connectivity index (χ1n) is 6.23. The Morgan fingerprint density at radius 2 is 2.22 bits per heavy atom. The molecule has 0 amide bonds. The van der Waals surface area contributed by atoms with Crippen molar-refractivity contribution in [1.29, 1.82) is 0 Å². The van der Waals surface area contributed by atoms with E-state index in [-0.39, 0.29) is 16.5 Å². The molecule has 2 heterocycles. The number of sulfone groups is 1. The van der Waals surface area contributed by atoms with E-state index >= 15 is 0 Å². The quantitative estimate of drug-likeness (QED) is 0.866. The second-order valence-electron chi connectivity index (χ2n) is 5.89. The van der Waals surface area contributed by atoms with Crippen LogP contribution in [0.2, 0.25) is 0 Å². The summed E-state index contributed by atoms with van der Waals surface area (Å²) in [5.74, 6) is 0.253. The lowest BCUT2D eigenvalue weighted by Crippen LogP contribution is -2.54. The highest BCUT2D eigenvalue weighted by atomic mass is 32.2. The molecule has 0 aliphatic carbocycles. The Bertz CT molecular complexity index is 488. The molecule has 0 radical (unpaired) electrons. The molecule has 1 aromatic rings. The van der Waals surface area contributed by atoms with E-state index < -0.39 is 9.84 Å². The van der Waals surface area contributed by atoms with Gasteiger partial charge in [-0.15, -0.1) is 0 Å². The average molecular weight is 271 g/mol. The van der Waals surface area contributed by atoms with Crippen molar-refractivity contribution in [2.75, 3.05) is 18.8 Å². The van der Waals surface area contributed by atoms with E-state index in [9.17, 15) is 8.42 Å². The molecule has 1 unspecified atom stereocenters. The largest absolute Gasteiger partial charge is 0.348 e. The molecule has 1 aliphatic heterocycles. The van der Waals surface area contributed by atoms with Gasteiger partial charge in [-0.25, -0.2) is 13.4 Å². The Kier molecular flexibility index (Phi) is 3.51. The third-order valence-electron chi connectivity index (χ3n) is 3.53. The summed E-state index contributed by atoms with van der Waals surface area (Å²) in [5, 5.41) is -0.328. The number of H-pyrrole nitrogens is 1. The lowest BCUT2D eigenvalue weighted by Gasteiger charge is -2.41. The summed E-state index contributed by atoms with van der Waals surface area (Å²) in [6, 6.07) is 0. The van der Waals surface area contributed by atoms with Crippen molar-refractivity contribution in [3.05, 3.63) is 18.2 Å². The zero-order valence-electron chi connectivity index (χ0n) is 11.2. The third-order valence-corrected chi connectivity index (χ3v) is 5.61. The molecule has 1 saturated heterocycles. The molecule has 18 heavy (non-hydrogen) atoms. The standard InChI is InChI=1S/C12H21N3O2S/c1-12(2,3)15-4-5-18(16,17)11(8-15)6-10-7-13-9-14-10/h7,9,11H,4-6,8H2,1-3H3,(H,13,14). The Balaban J connectivity index is 2.14. The summed E-state index contributed by atoms with van der Waals surface area (Å²) in [6.07, 6.45) is 3.81. The Labute approximate surface area is 109 Å². The highest BCUT2D eigenvalue weighted by molar-refractivity contribution is 7.92. The smallest absolute Gasteiger partial charge is 0.156 e. The van der Waals surface area contributed by atoms with Crippen LogP contribution in [0.4, 0.5) is 0 Å². The molecule has 2 rings (SSSR count). The maximum Gasteiger partial charge on any atom is 0.156 e. The van der Waals surface area contributed by atoms with E-state index in [0.29, 0.717) is 19.5 Å². The zero-order chi connectivity index (χ0) is 13.4. The molecule has 0 aromatic carbocycles. The van der Waals surface area contributed by atoms with Gasteiger partial charge in [0, 0.05) is 36.9 Å². The molecule has 1 atom stereocenters. The maximum absolute atomic E-state index is 12.1. The van der Waals surface area contributed by atoms with Gasteiger partial charge < -0.3 is 4.98 Å². The first-order valence-corrected chi connectivity index (χ1v) is 7.94. The fourth-order valence-corrected chi connectivity index (χ4v) is 3.95. The van der Waals surface area contributed by atoms with E-state index in [1.165, 1.54) is 0 Å². The fraction of sp³-hybridized carbons (Fsp3) is 0.750. The van der Waals surface area contributed by atoms with Crippen LogP contribution in [-0.2, 0) is 16.3 Å². The van der Waals surface area contributed by atoms with Gasteiger partial charge in [-0.1, -0.05) is 0 Å². The number of aromatic nitrogens is 2. The van der Waals surface area contributed by atoms with Crippen molar-refractivity contribution in [3.8, 4) is 0 Å². The van der Waals surface area contributed by atoms with E-state index in [2.05, 4.69) is 35.6 Å². The molecule has 0 bridgehead atoms. The summed E-state index contributed by atoms with van der Waals surface area (Å²) < 4.78 is 24.2. The molecule has 0 spiro atoms. The SMILES string of the molecule is CC(C)(C)N1CCS(=O)(=O)C(Cc2cnc[nH]2)C1. The van der Waals surface area contributed by atoms with Crippen LogP contribution in [-0.4, -0.2) is 52.9 Å². The average Bonchev–Trinajstić information content (AvgIpc) is 2.72. The van der Waals surface area contributed by atoms with Crippen LogP contribution in [0.3, 0.4) is 0 Å². The van der Waals surface area contributed by atoms with E-state index in [1.807, 2.05) is 0 Å². The van der Waals surface area contributed by atoms with Crippen molar-refractivity contribution in [1.82, 2.24) is 14.9 Å². The predicted octanol–water partition coefficient (Wildman–Crippen LogP) is 0.850. The molecule has 1 aromatic heterocycles. The van der Waals surface area contributed by atoms with Gasteiger partial charge in [0.25, 0.3) is 0 Å². The predicted molar refractivity (Wildman–Crippen MR) is 71.2 cm³/mol. The van der Waals surface area contributed by atoms with Crippen molar-refractivity contribution in [3.63, 3.8) is 0 Å². The van der Waals surface area contributed by atoms with Gasteiger partial charge in [0.2, 0.25) is 0 Å². The molecule has 1 aliphatic rings. The lowest BCUT2D eigenvalue weighted by atomic mass is 10.0. The first-order chi connectivity index (χ1) is 8.29. The van der Waals surface area contributed by atoms with Gasteiger partial charge in [0.05, 0.1) is 17.3 Å². The van der Waals surface area contributed by atoms with Crippen LogP contribution in [0.5, 0.6) is 0 Å². The molecule has 5 nitrogen and oxygen atoms in total. The molecule has 1 N–H and O–H groups in total. The normalized spacial score (nSPS) is 25.2. The van der Waals surface area contributed by atoms with Crippen LogP contribution in [0.1, 0.15) is 26.5 Å². The minimum Gasteiger partial charge on any atom is -0.348 e. The van der Waals surface area contributed by atoms with Crippen molar-refractivity contribution in [2.24, 2.45) is 0 Å². The molecular formula is C12H21N3O2S. The monoisotopic (exact) mass is 271 g/mol. The van der Waals surface area contributed by atoms with E-state index in [4.69, 9.17) is 0 Å². The molecule has 0 saturated carbocycles. The lowest BCUT2D eigenvalue weighted by molar-refractivity contribution is 0.138. The van der Waals surface area contributed by atoms with Crippen LogP contribution >= 0.6 is 0 Å². The number of rotatable bonds is 2. The second-order valence-corrected chi connectivity index (χ2v) is 8.29. The van der Waals surface area contributed by atoms with E-state index in [0.717, 1.165) is 5.69 Å². The molecule has 1 fully saturated rings. The van der Waals surface area contributed by atoms with Gasteiger partial charge >= 0.3 is 0 Å². The number of hydrogen-bond donors (Lipinski definition) is 1. The Hall–Kier alpha value is -0.880. The minimum absolute atomic E-state index is 0.0160. The van der Waals surface area contributed by atoms with Gasteiger partial charge in [-0.2, -0.15) is 0 Å². The number of hydrogen-bond acceptors (Lipinski definition) is 4. The number of aromatic amines is 1. The second kappa shape index (κ2) is 4.66. The van der Waals surface area contributed by atoms with Crippen molar-refractivity contribution >= 4 is 9.84 Å². The molecule has 6 heteroatoms. The third kappa shape index (κ3) is 2.92. The number of nitrogens with zero attached hydrogens (tertiary/aromatic N) is 2. The van der Waals surface area contributed by atoms with Gasteiger partial charge in [0.15, 0.2) is 9.84 Å². The fourth-order valence-electron chi connectivity index (χ4n) is 2.30. The summed E-state index contributed by atoms with van der Waals surface area (Å²) >= 11 is 0. The highest BCUT2D eigenvalue weighted by Gasteiger charge is 2.36. The number of imidazole rings is 1. The molecular weight excluding hydrogens is 250 g/mol. The first kappa shape index (κ1) is 13.5. The summed E-state index contributed by atoms with van der Waals surface area (Å²) in [5.41, 5.74) is 0.904. The maximum atomic E-state index is 12.1. The Morgan fingerprint density at radius 3 is 2.78 bits per heavy atom. The van der Waals surface area contributed by atoms with Crippen molar-refractivity contribution < 1.29 is 8.42 Å². The van der Waals surface area contributed by atoms with Gasteiger partial charge in [-0.3, -0.25) is 4.90 Å². The van der Waals surface area contributed by atoms with Crippen LogP contribution < -0.4 is 0 Å². The topological polar surface area (TPSA) is 66.1 Å². The van der Waals surface area contributed by atoms with Crippen LogP contribution in [0.15, 0.2) is 12.5 Å². The van der Waals surface area contributed by atoms with Gasteiger partial charge in [0.1, 0.15) is 0 Å². The van der Waals surface area contributed by atoms with Crippen molar-refractivity contribution in [2.45, 2.75) is 38.0 Å². The number of nitrogens with one attached hydrogen (secondary N) is 1. The Morgan fingerprint density at radius 1 is 1.50 bits per heavy atom. The van der Waals surface area contributed by atoms with Crippen LogP contribution in [0, 0.1) is 0 Å². The summed E-state index contributed by atoms with van der Waals surface area (Å²) in [7, 11) is -2.98. The summed E-state index contributed by atoms with van der Waals surface area (Å²) in [4.78, 5) is 9.17. The van der Waals surface area contributed by atoms with E-state index in [1.54, 1.807) is 12.5 Å². The van der Waals surface area contributed by atoms with Gasteiger partial charge in [-0.05, 0) is 20.8 Å². The highest BCUT2D eigenvalue weighted by Crippen LogP contribution is 2.22. The zero-order valence-corrected chi connectivity index (χ0v) is 12.0. The molecule has 102 valence electrons. The van der Waals surface area contributed by atoms with Crippen LogP contribution in [0.25, 0.3) is 0 Å². The minimum atomic E-state index is -2.98. The summed E-state index contributed by atoms with van der Waals surface area (Å²) in [6.45, 7) is 7.60.